The predicted octanol–water partition coefficient (Wildman–Crippen LogP) is 3.19. The maximum atomic E-state index is 12.0. The number of benzene rings is 1. The topological polar surface area (TPSA) is 78.2 Å². The molecule has 1 N–H and O–H groups in total. The number of ether oxygens (including phenoxy) is 1. The fourth-order valence-electron chi connectivity index (χ4n) is 3.47. The fourth-order valence-corrected chi connectivity index (χ4v) is 3.47. The van der Waals surface area contributed by atoms with Crippen LogP contribution in [0.15, 0.2) is 36.5 Å². The molecule has 6 heteroatoms. The molecule has 0 spiro atoms. The number of nitrogens with zero attached hydrogens (tertiary/aromatic N) is 3. The van der Waals surface area contributed by atoms with Gasteiger partial charge in [0.15, 0.2) is 0 Å². The van der Waals surface area contributed by atoms with E-state index >= 15 is 0 Å². The zero-order valence-electron chi connectivity index (χ0n) is 15.3. The van der Waals surface area contributed by atoms with Crippen LogP contribution in [0.3, 0.4) is 0 Å². The maximum absolute atomic E-state index is 12.0. The lowest BCUT2D eigenvalue weighted by Crippen LogP contribution is -2.22. The zero-order chi connectivity index (χ0) is 18.8. The van der Waals surface area contributed by atoms with Crippen LogP contribution < -0.4 is 10.2 Å². The van der Waals surface area contributed by atoms with Gasteiger partial charge in [0.1, 0.15) is 11.9 Å². The first-order chi connectivity index (χ1) is 13.2. The first-order valence-corrected chi connectivity index (χ1v) is 9.27. The van der Waals surface area contributed by atoms with E-state index in [0.29, 0.717) is 11.4 Å². The molecule has 1 amide bonds. The van der Waals surface area contributed by atoms with E-state index in [-0.39, 0.29) is 17.9 Å². The third-order valence-corrected chi connectivity index (χ3v) is 5.23. The van der Waals surface area contributed by atoms with Gasteiger partial charge in [-0.2, -0.15) is 5.26 Å². The highest BCUT2D eigenvalue weighted by atomic mass is 16.5. The molecule has 1 aromatic carbocycles. The van der Waals surface area contributed by atoms with E-state index in [1.807, 2.05) is 30.3 Å². The summed E-state index contributed by atoms with van der Waals surface area (Å²) in [6.07, 6.45) is 4.78. The van der Waals surface area contributed by atoms with Crippen LogP contribution in [0.5, 0.6) is 0 Å². The van der Waals surface area contributed by atoms with Crippen molar-refractivity contribution in [2.45, 2.75) is 25.4 Å². The average molecular weight is 362 g/mol. The second-order valence-electron chi connectivity index (χ2n) is 7.13. The third-order valence-electron chi connectivity index (χ3n) is 5.23. The van der Waals surface area contributed by atoms with Crippen LogP contribution in [-0.2, 0) is 9.53 Å². The summed E-state index contributed by atoms with van der Waals surface area (Å²) in [5.74, 6) is 0.722. The number of rotatable bonds is 5. The van der Waals surface area contributed by atoms with Gasteiger partial charge in [-0.3, -0.25) is 4.79 Å². The number of aromatic nitrogens is 1. The summed E-state index contributed by atoms with van der Waals surface area (Å²) < 4.78 is 5.43. The molecule has 2 aromatic rings. The molecule has 0 unspecified atom stereocenters. The number of anilines is 2. The second-order valence-corrected chi connectivity index (χ2v) is 7.13. The third kappa shape index (κ3) is 3.79. The number of nitriles is 1. The average Bonchev–Trinajstić information content (AvgIpc) is 3.45. The lowest BCUT2D eigenvalue weighted by atomic mass is 10.0. The molecule has 0 radical (unpaired) electrons. The molecule has 2 heterocycles. The van der Waals surface area contributed by atoms with Gasteiger partial charge in [-0.25, -0.2) is 4.98 Å². The summed E-state index contributed by atoms with van der Waals surface area (Å²) in [4.78, 5) is 18.4. The van der Waals surface area contributed by atoms with E-state index in [0.717, 1.165) is 49.2 Å². The minimum absolute atomic E-state index is 0.0365. The first kappa shape index (κ1) is 17.5. The monoisotopic (exact) mass is 362 g/mol. The number of methoxy groups -OCH3 is 1. The molecule has 6 nitrogen and oxygen atoms in total. The number of carbonyl (C=O) groups is 1. The normalized spacial score (nSPS) is 19.0. The fraction of sp³-hybridized carbons (Fsp3) is 0.381. The Morgan fingerprint density at radius 1 is 1.26 bits per heavy atom. The zero-order valence-corrected chi connectivity index (χ0v) is 15.3. The quantitative estimate of drug-likeness (QED) is 0.884. The number of hydrogen-bond acceptors (Lipinski definition) is 5. The van der Waals surface area contributed by atoms with Gasteiger partial charge in [-0.1, -0.05) is 6.07 Å². The van der Waals surface area contributed by atoms with Crippen molar-refractivity contribution in [3.05, 3.63) is 42.1 Å². The van der Waals surface area contributed by atoms with Gasteiger partial charge in [0, 0.05) is 32.3 Å². The summed E-state index contributed by atoms with van der Waals surface area (Å²) >= 11 is 0. The van der Waals surface area contributed by atoms with Gasteiger partial charge in [0.05, 0.1) is 17.4 Å². The van der Waals surface area contributed by atoms with Gasteiger partial charge < -0.3 is 15.0 Å². The van der Waals surface area contributed by atoms with Gasteiger partial charge >= 0.3 is 0 Å². The first-order valence-electron chi connectivity index (χ1n) is 9.27. The van der Waals surface area contributed by atoms with E-state index < -0.39 is 0 Å². The smallest absolute Gasteiger partial charge is 0.228 e. The summed E-state index contributed by atoms with van der Waals surface area (Å²) in [5, 5.41) is 12.5. The molecule has 138 valence electrons. The van der Waals surface area contributed by atoms with Crippen LogP contribution in [0.2, 0.25) is 0 Å². The Hall–Kier alpha value is -2.91. The molecule has 1 aromatic heterocycles. The number of hydrogen-bond donors (Lipinski definition) is 1. The van der Waals surface area contributed by atoms with Gasteiger partial charge in [-0.05, 0) is 54.7 Å². The predicted molar refractivity (Wildman–Crippen MR) is 103 cm³/mol. The Bertz CT molecular complexity index is 901. The highest BCUT2D eigenvalue weighted by Gasteiger charge is 2.29. The molecule has 27 heavy (non-hydrogen) atoms. The number of amides is 1. The molecule has 1 aliphatic carbocycles. The molecular weight excluding hydrogens is 340 g/mol. The molecule has 1 aliphatic heterocycles. The summed E-state index contributed by atoms with van der Waals surface area (Å²) in [6.45, 7) is 1.69. The van der Waals surface area contributed by atoms with E-state index in [4.69, 9.17) is 4.74 Å². The van der Waals surface area contributed by atoms with Crippen molar-refractivity contribution >= 4 is 17.4 Å². The van der Waals surface area contributed by atoms with Crippen molar-refractivity contribution in [1.29, 1.82) is 5.26 Å². The largest absolute Gasteiger partial charge is 0.380 e. The Morgan fingerprint density at radius 2 is 2.07 bits per heavy atom. The van der Waals surface area contributed by atoms with Crippen molar-refractivity contribution < 1.29 is 9.53 Å². The molecule has 2 fully saturated rings. The highest BCUT2D eigenvalue weighted by Crippen LogP contribution is 2.32. The lowest BCUT2D eigenvalue weighted by molar-refractivity contribution is -0.117. The maximum Gasteiger partial charge on any atom is 0.228 e. The number of pyridine rings is 1. The summed E-state index contributed by atoms with van der Waals surface area (Å²) in [7, 11) is 1.73. The van der Waals surface area contributed by atoms with E-state index in [9.17, 15) is 10.1 Å². The van der Waals surface area contributed by atoms with E-state index in [1.165, 1.54) is 0 Å². The highest BCUT2D eigenvalue weighted by molar-refractivity contribution is 5.93. The number of nitrogens with one attached hydrogen (secondary N) is 1. The molecule has 1 atom stereocenters. The SMILES string of the molecule is CO[C@H]1CCN(c2ccc(-c3ccnc(NC(=O)C4CC4)c3)cc2C#N)C1. The van der Waals surface area contributed by atoms with Gasteiger partial charge in [-0.15, -0.1) is 0 Å². The molecule has 0 bridgehead atoms. The van der Waals surface area contributed by atoms with Crippen LogP contribution >= 0.6 is 0 Å². The minimum Gasteiger partial charge on any atom is -0.380 e. The molecule has 2 aliphatic rings. The van der Waals surface area contributed by atoms with E-state index in [2.05, 4.69) is 21.3 Å². The number of carbonyl (C=O) groups excluding carboxylic acids is 1. The van der Waals surface area contributed by atoms with E-state index in [1.54, 1.807) is 13.3 Å². The molecule has 4 rings (SSSR count). The van der Waals surface area contributed by atoms with Crippen LogP contribution in [0, 0.1) is 17.2 Å². The summed E-state index contributed by atoms with van der Waals surface area (Å²) in [6, 6.07) is 12.0. The van der Waals surface area contributed by atoms with Gasteiger partial charge in [0.2, 0.25) is 5.91 Å². The van der Waals surface area contributed by atoms with Crippen molar-refractivity contribution in [2.24, 2.45) is 5.92 Å². The Morgan fingerprint density at radius 3 is 2.78 bits per heavy atom. The van der Waals surface area contributed by atoms with Crippen molar-refractivity contribution in [3.8, 4) is 17.2 Å². The lowest BCUT2D eigenvalue weighted by Gasteiger charge is -2.20. The van der Waals surface area contributed by atoms with Crippen LogP contribution in [-0.4, -0.2) is 37.2 Å². The standard InChI is InChI=1S/C21H22N4O2/c1-27-18-7-9-25(13-18)19-5-4-15(10-17(19)12-22)16-6-8-23-20(11-16)24-21(26)14-2-3-14/h4-6,8,10-11,14,18H,2-3,7,9,13H2,1H3,(H,23,24,26)/t18-/m0/s1. The molecule has 1 saturated carbocycles. The van der Waals surface area contributed by atoms with Crippen LogP contribution in [0.4, 0.5) is 11.5 Å². The van der Waals surface area contributed by atoms with Crippen molar-refractivity contribution in [1.82, 2.24) is 4.98 Å². The summed E-state index contributed by atoms with van der Waals surface area (Å²) in [5.41, 5.74) is 3.44. The van der Waals surface area contributed by atoms with Crippen molar-refractivity contribution in [2.75, 3.05) is 30.4 Å². The molecule has 1 saturated heterocycles. The van der Waals surface area contributed by atoms with Crippen LogP contribution in [0.25, 0.3) is 11.1 Å². The minimum atomic E-state index is 0.0365. The Balaban J connectivity index is 1.57. The molecular formula is C21H22N4O2. The van der Waals surface area contributed by atoms with Crippen molar-refractivity contribution in [3.63, 3.8) is 0 Å². The second kappa shape index (κ2) is 7.37. The van der Waals surface area contributed by atoms with Gasteiger partial charge in [0.25, 0.3) is 0 Å². The Labute approximate surface area is 158 Å². The van der Waals surface area contributed by atoms with Crippen LogP contribution in [0.1, 0.15) is 24.8 Å². The Kier molecular flexibility index (Phi) is 4.78.